The Morgan fingerprint density at radius 3 is 2.62 bits per heavy atom. The highest BCUT2D eigenvalue weighted by atomic mass is 19.4. The molecule has 0 saturated heterocycles. The van der Waals surface area contributed by atoms with E-state index in [4.69, 9.17) is 0 Å². The third-order valence-corrected chi connectivity index (χ3v) is 3.32. The van der Waals surface area contributed by atoms with Crippen LogP contribution in [0.5, 0.6) is 0 Å². The van der Waals surface area contributed by atoms with Crippen molar-refractivity contribution in [1.29, 1.82) is 0 Å². The fraction of sp³-hybridized carbons (Fsp3) is 0.133. The monoisotopic (exact) mass is 339 g/mol. The summed E-state index contributed by atoms with van der Waals surface area (Å²) in [5, 5.41) is 0. The number of halogens is 4. The molecule has 3 aromatic rings. The van der Waals surface area contributed by atoms with Gasteiger partial charge in [0, 0.05) is 11.8 Å². The van der Waals surface area contributed by atoms with E-state index >= 15 is 0 Å². The second-order valence-corrected chi connectivity index (χ2v) is 4.83. The molecule has 2 aromatic heterocycles. The maximum atomic E-state index is 14.0. The molecule has 0 bridgehead atoms. The number of benzene rings is 1. The molecule has 0 aliphatic carbocycles. The van der Waals surface area contributed by atoms with E-state index in [1.165, 1.54) is 24.4 Å². The van der Waals surface area contributed by atoms with Gasteiger partial charge in [0.1, 0.15) is 11.3 Å². The zero-order valence-corrected chi connectivity index (χ0v) is 12.1. The van der Waals surface area contributed by atoms with E-state index in [1.54, 1.807) is 0 Å². The van der Waals surface area contributed by atoms with Crippen LogP contribution in [0.15, 0.2) is 30.5 Å². The van der Waals surface area contributed by atoms with Crippen molar-refractivity contribution in [3.05, 3.63) is 47.7 Å². The van der Waals surface area contributed by atoms with Gasteiger partial charge in [-0.1, -0.05) is 6.07 Å². The average molecular weight is 339 g/mol. The molecule has 124 valence electrons. The van der Waals surface area contributed by atoms with Crippen molar-refractivity contribution >= 4 is 17.0 Å². The number of hydrogen-bond donors (Lipinski definition) is 1. The SMILES string of the molecule is COC(=O)c1ccc(-c2nccc3[nH]c(C(F)(F)F)nc23)cc1F. The number of carbonyl (C=O) groups excluding carboxylic acids is 1. The van der Waals surface area contributed by atoms with E-state index in [-0.39, 0.29) is 27.9 Å². The number of nitrogens with one attached hydrogen (secondary N) is 1. The number of rotatable bonds is 2. The Kier molecular flexibility index (Phi) is 3.70. The van der Waals surface area contributed by atoms with Crippen LogP contribution < -0.4 is 0 Å². The molecule has 0 radical (unpaired) electrons. The Bertz CT molecular complexity index is 934. The first kappa shape index (κ1) is 15.9. The number of carbonyl (C=O) groups is 1. The van der Waals surface area contributed by atoms with E-state index < -0.39 is 23.8 Å². The fourth-order valence-electron chi connectivity index (χ4n) is 2.22. The zero-order chi connectivity index (χ0) is 17.5. The summed E-state index contributed by atoms with van der Waals surface area (Å²) >= 11 is 0. The lowest BCUT2D eigenvalue weighted by Crippen LogP contribution is -2.07. The van der Waals surface area contributed by atoms with Crippen LogP contribution in [0.2, 0.25) is 0 Å². The van der Waals surface area contributed by atoms with E-state index in [0.29, 0.717) is 0 Å². The molecule has 0 fully saturated rings. The van der Waals surface area contributed by atoms with Crippen molar-refractivity contribution in [1.82, 2.24) is 15.0 Å². The summed E-state index contributed by atoms with van der Waals surface area (Å²) in [5.74, 6) is -2.90. The second kappa shape index (κ2) is 5.59. The first-order valence-corrected chi connectivity index (χ1v) is 6.61. The van der Waals surface area contributed by atoms with Gasteiger partial charge in [-0.3, -0.25) is 4.98 Å². The Morgan fingerprint density at radius 2 is 2.00 bits per heavy atom. The van der Waals surface area contributed by atoms with Gasteiger partial charge in [0.25, 0.3) is 0 Å². The highest BCUT2D eigenvalue weighted by molar-refractivity contribution is 5.92. The molecule has 9 heteroatoms. The highest BCUT2D eigenvalue weighted by Gasteiger charge is 2.35. The van der Waals surface area contributed by atoms with Crippen LogP contribution in [-0.2, 0) is 10.9 Å². The minimum atomic E-state index is -4.64. The summed E-state index contributed by atoms with van der Waals surface area (Å²) in [6, 6.07) is 4.86. The predicted molar refractivity (Wildman–Crippen MR) is 75.6 cm³/mol. The number of hydrogen-bond acceptors (Lipinski definition) is 4. The number of alkyl halides is 3. The lowest BCUT2D eigenvalue weighted by molar-refractivity contribution is -0.144. The summed E-state index contributed by atoms with van der Waals surface area (Å²) in [6.07, 6.45) is -3.36. The van der Waals surface area contributed by atoms with Crippen LogP contribution in [0, 0.1) is 5.82 Å². The molecule has 0 amide bonds. The Balaban J connectivity index is 2.14. The number of imidazole rings is 1. The van der Waals surface area contributed by atoms with E-state index in [2.05, 4.69) is 19.7 Å². The van der Waals surface area contributed by atoms with Crippen LogP contribution in [0.25, 0.3) is 22.3 Å². The molecule has 0 saturated carbocycles. The van der Waals surface area contributed by atoms with Gasteiger partial charge < -0.3 is 9.72 Å². The van der Waals surface area contributed by atoms with Crippen molar-refractivity contribution in [2.45, 2.75) is 6.18 Å². The smallest absolute Gasteiger partial charge is 0.449 e. The molecule has 0 spiro atoms. The van der Waals surface area contributed by atoms with Crippen LogP contribution in [-0.4, -0.2) is 28.0 Å². The summed E-state index contributed by atoms with van der Waals surface area (Å²) in [4.78, 5) is 21.0. The molecule has 0 atom stereocenters. The number of nitrogens with zero attached hydrogens (tertiary/aromatic N) is 2. The molecule has 2 heterocycles. The Hall–Kier alpha value is -2.97. The number of fused-ring (bicyclic) bond motifs is 1. The van der Waals surface area contributed by atoms with Crippen molar-refractivity contribution in [2.24, 2.45) is 0 Å². The summed E-state index contributed by atoms with van der Waals surface area (Å²) in [6.45, 7) is 0. The molecule has 0 aliphatic heterocycles. The van der Waals surface area contributed by atoms with Gasteiger partial charge in [0.05, 0.1) is 23.9 Å². The molecular weight excluding hydrogens is 330 g/mol. The van der Waals surface area contributed by atoms with Crippen LogP contribution in [0.1, 0.15) is 16.2 Å². The minimum Gasteiger partial charge on any atom is -0.465 e. The van der Waals surface area contributed by atoms with E-state index in [9.17, 15) is 22.4 Å². The van der Waals surface area contributed by atoms with Crippen LogP contribution >= 0.6 is 0 Å². The highest BCUT2D eigenvalue weighted by Crippen LogP contribution is 2.32. The fourth-order valence-corrected chi connectivity index (χ4v) is 2.22. The van der Waals surface area contributed by atoms with Gasteiger partial charge in [-0.25, -0.2) is 14.2 Å². The van der Waals surface area contributed by atoms with Crippen LogP contribution in [0.4, 0.5) is 17.6 Å². The van der Waals surface area contributed by atoms with Crippen molar-refractivity contribution in [3.8, 4) is 11.3 Å². The number of esters is 1. The van der Waals surface area contributed by atoms with Gasteiger partial charge >= 0.3 is 12.1 Å². The molecular formula is C15H9F4N3O2. The maximum Gasteiger partial charge on any atom is 0.449 e. The summed E-state index contributed by atoms with van der Waals surface area (Å²) in [5.41, 5.74) is 0.0341. The average Bonchev–Trinajstić information content (AvgIpc) is 2.98. The number of pyridine rings is 1. The molecule has 5 nitrogen and oxygen atoms in total. The molecule has 3 rings (SSSR count). The zero-order valence-electron chi connectivity index (χ0n) is 12.1. The number of ether oxygens (including phenoxy) is 1. The van der Waals surface area contributed by atoms with Gasteiger partial charge in [-0.05, 0) is 18.2 Å². The van der Waals surface area contributed by atoms with Crippen molar-refractivity contribution in [3.63, 3.8) is 0 Å². The van der Waals surface area contributed by atoms with Crippen molar-refractivity contribution < 1.29 is 27.1 Å². The molecule has 0 aliphatic rings. The number of methoxy groups -OCH3 is 1. The first-order valence-electron chi connectivity index (χ1n) is 6.61. The van der Waals surface area contributed by atoms with Crippen LogP contribution in [0.3, 0.4) is 0 Å². The number of aromatic nitrogens is 3. The molecule has 1 N–H and O–H groups in total. The van der Waals surface area contributed by atoms with Crippen molar-refractivity contribution in [2.75, 3.05) is 7.11 Å². The maximum absolute atomic E-state index is 14.0. The lowest BCUT2D eigenvalue weighted by atomic mass is 10.1. The summed E-state index contributed by atoms with van der Waals surface area (Å²) < 4.78 is 56.8. The van der Waals surface area contributed by atoms with E-state index in [1.807, 2.05) is 0 Å². The third kappa shape index (κ3) is 2.68. The van der Waals surface area contributed by atoms with Gasteiger partial charge in [0.2, 0.25) is 5.82 Å². The Morgan fingerprint density at radius 1 is 1.25 bits per heavy atom. The number of H-pyrrole nitrogens is 1. The standard InChI is InChI=1S/C15H9F4N3O2/c1-24-13(23)8-3-2-7(6-9(8)16)11-12-10(4-5-20-11)21-14(22-12)15(17,18)19/h2-6H,1H3,(H,21,22). The third-order valence-electron chi connectivity index (χ3n) is 3.32. The van der Waals surface area contributed by atoms with Gasteiger partial charge in [-0.15, -0.1) is 0 Å². The van der Waals surface area contributed by atoms with E-state index in [0.717, 1.165) is 13.2 Å². The predicted octanol–water partition coefficient (Wildman–Crippen LogP) is 3.57. The second-order valence-electron chi connectivity index (χ2n) is 4.83. The molecule has 0 unspecified atom stereocenters. The molecule has 1 aromatic carbocycles. The minimum absolute atomic E-state index is 0.0463. The number of aromatic amines is 1. The summed E-state index contributed by atoms with van der Waals surface area (Å²) in [7, 11) is 1.11. The normalized spacial score (nSPS) is 11.7. The van der Waals surface area contributed by atoms with Gasteiger partial charge in [-0.2, -0.15) is 13.2 Å². The Labute approximate surface area is 132 Å². The van der Waals surface area contributed by atoms with Gasteiger partial charge in [0.15, 0.2) is 0 Å². The first-order chi connectivity index (χ1) is 11.3. The largest absolute Gasteiger partial charge is 0.465 e. The lowest BCUT2D eigenvalue weighted by Gasteiger charge is -2.05. The topological polar surface area (TPSA) is 67.9 Å². The molecule has 24 heavy (non-hydrogen) atoms. The quantitative estimate of drug-likeness (QED) is 0.572.